The van der Waals surface area contributed by atoms with Crippen LogP contribution in [0.25, 0.3) is 55.1 Å². The highest BCUT2D eigenvalue weighted by atomic mass is 14.9. The predicted molar refractivity (Wildman–Crippen MR) is 163 cm³/mol. The number of nitrogens with two attached hydrogens (primary N) is 2. The molecule has 6 nitrogen and oxygen atoms in total. The van der Waals surface area contributed by atoms with Crippen LogP contribution in [-0.4, -0.2) is 33.0 Å². The van der Waals surface area contributed by atoms with Gasteiger partial charge >= 0.3 is 0 Å². The maximum absolute atomic E-state index is 5.70. The third-order valence-corrected chi connectivity index (χ3v) is 7.71. The molecule has 2 heterocycles. The maximum atomic E-state index is 5.70. The van der Waals surface area contributed by atoms with E-state index in [9.17, 15) is 0 Å². The van der Waals surface area contributed by atoms with E-state index in [4.69, 9.17) is 21.4 Å². The number of nitrogens with one attached hydrogen (secondary N) is 2. The van der Waals surface area contributed by atoms with Crippen LogP contribution in [-0.2, 0) is 6.42 Å². The summed E-state index contributed by atoms with van der Waals surface area (Å²) in [7, 11) is 0. The molecule has 1 unspecified atom stereocenters. The molecule has 39 heavy (non-hydrogen) atoms. The van der Waals surface area contributed by atoms with Crippen molar-refractivity contribution in [2.24, 2.45) is 11.5 Å². The number of fused-ring (bicyclic) bond motifs is 3. The van der Waals surface area contributed by atoms with Gasteiger partial charge in [0.1, 0.15) is 11.6 Å². The fourth-order valence-corrected chi connectivity index (χ4v) is 5.40. The number of rotatable bonds is 10. The minimum atomic E-state index is 0.368. The molecule has 0 aliphatic rings. The van der Waals surface area contributed by atoms with Crippen LogP contribution in [0.15, 0.2) is 72.8 Å². The van der Waals surface area contributed by atoms with Crippen molar-refractivity contribution in [1.82, 2.24) is 19.9 Å². The zero-order valence-corrected chi connectivity index (χ0v) is 22.5. The Labute approximate surface area is 228 Å². The minimum absolute atomic E-state index is 0.368. The van der Waals surface area contributed by atoms with Gasteiger partial charge in [0.05, 0.1) is 22.1 Å². The van der Waals surface area contributed by atoms with E-state index in [1.807, 2.05) is 0 Å². The van der Waals surface area contributed by atoms with E-state index in [0.29, 0.717) is 12.5 Å². The molecule has 198 valence electrons. The number of benzene rings is 4. The lowest BCUT2D eigenvalue weighted by molar-refractivity contribution is 0.616. The summed E-state index contributed by atoms with van der Waals surface area (Å²) in [6, 6.07) is 26.3. The van der Waals surface area contributed by atoms with Crippen LogP contribution in [0.4, 0.5) is 0 Å². The first kappa shape index (κ1) is 25.3. The largest absolute Gasteiger partial charge is 0.342 e. The van der Waals surface area contributed by atoms with Crippen molar-refractivity contribution < 1.29 is 0 Å². The predicted octanol–water partition coefficient (Wildman–Crippen LogP) is 7.05. The van der Waals surface area contributed by atoms with Gasteiger partial charge in [0.2, 0.25) is 0 Å². The molecule has 0 bridgehead atoms. The Balaban J connectivity index is 1.29. The van der Waals surface area contributed by atoms with Gasteiger partial charge in [0.15, 0.2) is 0 Å². The summed E-state index contributed by atoms with van der Waals surface area (Å²) in [5.74, 6) is 2.44. The van der Waals surface area contributed by atoms with Crippen LogP contribution in [0.2, 0.25) is 0 Å². The van der Waals surface area contributed by atoms with Crippen LogP contribution in [0.5, 0.6) is 0 Å². The third-order valence-electron chi connectivity index (χ3n) is 7.71. The number of hydrogen-bond donors (Lipinski definition) is 4. The van der Waals surface area contributed by atoms with Crippen molar-refractivity contribution in [1.29, 1.82) is 0 Å². The third kappa shape index (κ3) is 5.31. The van der Waals surface area contributed by atoms with E-state index in [2.05, 4.69) is 89.7 Å². The molecule has 0 aliphatic carbocycles. The molecule has 4 aromatic carbocycles. The van der Waals surface area contributed by atoms with Gasteiger partial charge in [-0.2, -0.15) is 0 Å². The van der Waals surface area contributed by atoms with E-state index in [-0.39, 0.29) is 0 Å². The molecular weight excluding hydrogens is 480 g/mol. The van der Waals surface area contributed by atoms with E-state index in [1.165, 1.54) is 33.0 Å². The van der Waals surface area contributed by atoms with Crippen molar-refractivity contribution in [2.75, 3.05) is 13.1 Å². The van der Waals surface area contributed by atoms with Crippen LogP contribution in [0.1, 0.15) is 50.2 Å². The van der Waals surface area contributed by atoms with Gasteiger partial charge < -0.3 is 21.4 Å². The zero-order valence-electron chi connectivity index (χ0n) is 22.5. The molecule has 0 radical (unpaired) electrons. The van der Waals surface area contributed by atoms with Crippen molar-refractivity contribution in [3.05, 3.63) is 84.4 Å². The average molecular weight is 517 g/mol. The number of imidazole rings is 2. The molecule has 0 amide bonds. The van der Waals surface area contributed by atoms with Gasteiger partial charge in [0, 0.05) is 12.3 Å². The summed E-state index contributed by atoms with van der Waals surface area (Å²) in [4.78, 5) is 16.7. The van der Waals surface area contributed by atoms with E-state index in [1.54, 1.807) is 0 Å². The average Bonchev–Trinajstić information content (AvgIpc) is 3.58. The fraction of sp³-hybridized carbons (Fsp3) is 0.273. The van der Waals surface area contributed by atoms with Crippen LogP contribution in [0.3, 0.4) is 0 Å². The van der Waals surface area contributed by atoms with E-state index < -0.39 is 0 Å². The molecule has 6 N–H and O–H groups in total. The lowest BCUT2D eigenvalue weighted by Crippen LogP contribution is -2.02. The Morgan fingerprint density at radius 1 is 0.641 bits per heavy atom. The summed E-state index contributed by atoms with van der Waals surface area (Å²) in [6.45, 7) is 3.65. The first-order chi connectivity index (χ1) is 19.1. The van der Waals surface area contributed by atoms with E-state index in [0.717, 1.165) is 72.4 Å². The van der Waals surface area contributed by atoms with Gasteiger partial charge in [-0.15, -0.1) is 0 Å². The van der Waals surface area contributed by atoms with Crippen LogP contribution in [0, 0.1) is 0 Å². The number of hydrogen-bond acceptors (Lipinski definition) is 4. The first-order valence-electron chi connectivity index (χ1n) is 14.0. The molecule has 6 rings (SSSR count). The summed E-state index contributed by atoms with van der Waals surface area (Å²) < 4.78 is 0. The quantitative estimate of drug-likeness (QED) is 0.146. The smallest absolute Gasteiger partial charge is 0.110 e. The maximum Gasteiger partial charge on any atom is 0.110 e. The summed E-state index contributed by atoms with van der Waals surface area (Å²) >= 11 is 0. The monoisotopic (exact) mass is 516 g/mol. The van der Waals surface area contributed by atoms with Crippen molar-refractivity contribution in [3.63, 3.8) is 0 Å². The highest BCUT2D eigenvalue weighted by molar-refractivity contribution is 5.93. The molecule has 6 heteroatoms. The molecule has 2 aromatic heterocycles. The Morgan fingerprint density at radius 3 is 2.10 bits per heavy atom. The molecule has 0 saturated heterocycles. The fourth-order valence-electron chi connectivity index (χ4n) is 5.40. The van der Waals surface area contributed by atoms with Gasteiger partial charge in [0.25, 0.3) is 0 Å². The number of nitrogens with zero attached hydrogens (tertiary/aromatic N) is 2. The Morgan fingerprint density at radius 2 is 1.33 bits per heavy atom. The number of H-pyrrole nitrogens is 2. The summed E-state index contributed by atoms with van der Waals surface area (Å²) in [5, 5.41) is 2.44. The highest BCUT2D eigenvalue weighted by Gasteiger charge is 2.12. The molecule has 0 fully saturated rings. The normalized spacial score (nSPS) is 12.6. The number of aromatic nitrogens is 4. The van der Waals surface area contributed by atoms with Gasteiger partial charge in [-0.3, -0.25) is 0 Å². The SMILES string of the molecule is CC(CCCN)c1nc2cc(-c3ccc4ccc(-c5ccc6nc(CCCCN)[nH]c6c5)cc4c3)ccc2[nH]1. The molecule has 0 spiro atoms. The second kappa shape index (κ2) is 11.0. The molecular formula is C33H36N6. The second-order valence-corrected chi connectivity index (χ2v) is 10.6. The Kier molecular flexibility index (Phi) is 7.14. The Bertz CT molecular complexity index is 1740. The van der Waals surface area contributed by atoms with Crippen molar-refractivity contribution >= 4 is 32.8 Å². The molecule has 6 aromatic rings. The van der Waals surface area contributed by atoms with Crippen molar-refractivity contribution in [2.45, 2.75) is 44.9 Å². The number of aryl methyl sites for hydroxylation is 1. The van der Waals surface area contributed by atoms with Gasteiger partial charge in [-0.1, -0.05) is 43.3 Å². The Hall–Kier alpha value is -4.00. The summed E-state index contributed by atoms with van der Waals surface area (Å²) in [5.41, 5.74) is 20.2. The highest BCUT2D eigenvalue weighted by Crippen LogP contribution is 2.31. The van der Waals surface area contributed by atoms with Crippen LogP contribution < -0.4 is 11.5 Å². The minimum Gasteiger partial charge on any atom is -0.342 e. The topological polar surface area (TPSA) is 109 Å². The van der Waals surface area contributed by atoms with Gasteiger partial charge in [-0.25, -0.2) is 9.97 Å². The number of aromatic amines is 2. The molecule has 0 aliphatic heterocycles. The van der Waals surface area contributed by atoms with Crippen molar-refractivity contribution in [3.8, 4) is 22.3 Å². The standard InChI is InChI=1S/C33H36N6/c1-21(5-4-16-35)33-38-29-14-12-26(20-31(29)39-33)24-10-8-22-7-9-23(17-27(22)18-24)25-11-13-28-30(19-25)37-32(36-28)6-2-3-15-34/h7-14,17-21H,2-6,15-16,34-35H2,1H3,(H,36,37)(H,38,39). The lowest BCUT2D eigenvalue weighted by atomic mass is 9.97. The van der Waals surface area contributed by atoms with Gasteiger partial charge in [-0.05, 0) is 108 Å². The molecule has 0 saturated carbocycles. The first-order valence-corrected chi connectivity index (χ1v) is 14.0. The summed E-state index contributed by atoms with van der Waals surface area (Å²) in [6.07, 6.45) is 5.05. The zero-order chi connectivity index (χ0) is 26.8. The number of unbranched alkanes of at least 4 members (excludes halogenated alkanes) is 1. The van der Waals surface area contributed by atoms with E-state index >= 15 is 0 Å². The second-order valence-electron chi connectivity index (χ2n) is 10.6. The van der Waals surface area contributed by atoms with Crippen LogP contribution >= 0.6 is 0 Å². The lowest BCUT2D eigenvalue weighted by Gasteiger charge is -2.07. The molecule has 1 atom stereocenters.